The van der Waals surface area contributed by atoms with E-state index in [-0.39, 0.29) is 6.79 Å². The smallest absolute Gasteiger partial charge is 0.412 e. The molecule has 1 rings (SSSR count). The molecule has 0 aliphatic rings. The molecular formula is C14H19NO5. The third kappa shape index (κ3) is 5.27. The molecular weight excluding hydrogens is 262 g/mol. The molecule has 110 valence electrons. The van der Waals surface area contributed by atoms with Crippen LogP contribution in [0.25, 0.3) is 0 Å². The molecule has 0 atom stereocenters. The molecule has 0 aliphatic heterocycles. The van der Waals surface area contributed by atoms with Gasteiger partial charge in [0.25, 0.3) is 0 Å². The number of anilines is 1. The highest BCUT2D eigenvalue weighted by Gasteiger charge is 2.17. The molecule has 0 bridgehead atoms. The second-order valence-corrected chi connectivity index (χ2v) is 5.04. The summed E-state index contributed by atoms with van der Waals surface area (Å²) in [6, 6.07) is 4.69. The molecule has 0 aromatic heterocycles. The third-order valence-electron chi connectivity index (χ3n) is 2.13. The largest absolute Gasteiger partial charge is 0.467 e. The fourth-order valence-electron chi connectivity index (χ4n) is 1.38. The number of hydrogen-bond donors (Lipinski definition) is 1. The van der Waals surface area contributed by atoms with Crippen LogP contribution in [0.4, 0.5) is 10.5 Å². The molecule has 6 nitrogen and oxygen atoms in total. The summed E-state index contributed by atoms with van der Waals surface area (Å²) in [5, 5.41) is 2.52. The highest BCUT2D eigenvalue weighted by Crippen LogP contribution is 2.22. The van der Waals surface area contributed by atoms with E-state index >= 15 is 0 Å². The number of methoxy groups -OCH3 is 1. The topological polar surface area (TPSA) is 73.9 Å². The molecule has 0 spiro atoms. The summed E-state index contributed by atoms with van der Waals surface area (Å²) in [7, 11) is 1.50. The Bertz CT molecular complexity index is 479. The van der Waals surface area contributed by atoms with Crippen LogP contribution in [0, 0.1) is 0 Å². The van der Waals surface area contributed by atoms with Crippen molar-refractivity contribution in [3.8, 4) is 5.75 Å². The van der Waals surface area contributed by atoms with Crippen molar-refractivity contribution in [3.05, 3.63) is 23.8 Å². The summed E-state index contributed by atoms with van der Waals surface area (Å²) in [6.07, 6.45) is 0.0109. The van der Waals surface area contributed by atoms with Gasteiger partial charge >= 0.3 is 6.09 Å². The molecule has 0 fully saturated rings. The Morgan fingerprint density at radius 2 is 2.05 bits per heavy atom. The maximum atomic E-state index is 11.7. The predicted molar refractivity (Wildman–Crippen MR) is 74.2 cm³/mol. The minimum Gasteiger partial charge on any atom is -0.467 e. The van der Waals surface area contributed by atoms with Crippen LogP contribution in [0.3, 0.4) is 0 Å². The van der Waals surface area contributed by atoms with Gasteiger partial charge in [-0.1, -0.05) is 0 Å². The van der Waals surface area contributed by atoms with Crippen molar-refractivity contribution in [3.63, 3.8) is 0 Å². The monoisotopic (exact) mass is 281 g/mol. The highest BCUT2D eigenvalue weighted by atomic mass is 16.7. The van der Waals surface area contributed by atoms with Crippen LogP contribution in [0.2, 0.25) is 0 Å². The molecule has 0 radical (unpaired) electrons. The Morgan fingerprint density at radius 1 is 1.35 bits per heavy atom. The summed E-state index contributed by atoms with van der Waals surface area (Å²) in [5.74, 6) is 0.475. The normalized spacial score (nSPS) is 10.8. The molecule has 0 saturated heterocycles. The Morgan fingerprint density at radius 3 is 2.60 bits per heavy atom. The Kier molecular flexibility index (Phi) is 5.52. The van der Waals surface area contributed by atoms with Crippen LogP contribution in [0.15, 0.2) is 18.2 Å². The fourth-order valence-corrected chi connectivity index (χ4v) is 1.38. The zero-order valence-corrected chi connectivity index (χ0v) is 12.1. The summed E-state index contributed by atoms with van der Waals surface area (Å²) in [6.45, 7) is 5.34. The number of aldehydes is 1. The minimum absolute atomic E-state index is 0.0757. The maximum Gasteiger partial charge on any atom is 0.412 e. The van der Waals surface area contributed by atoms with E-state index in [0.29, 0.717) is 23.3 Å². The Labute approximate surface area is 118 Å². The summed E-state index contributed by atoms with van der Waals surface area (Å²) in [4.78, 5) is 22.7. The highest BCUT2D eigenvalue weighted by molar-refractivity contribution is 5.93. The van der Waals surface area contributed by atoms with Crippen molar-refractivity contribution < 1.29 is 23.8 Å². The van der Waals surface area contributed by atoms with Gasteiger partial charge in [0.2, 0.25) is 0 Å². The quantitative estimate of drug-likeness (QED) is 0.663. The number of benzene rings is 1. The zero-order chi connectivity index (χ0) is 15.2. The Balaban J connectivity index is 2.85. The van der Waals surface area contributed by atoms with E-state index in [0.717, 1.165) is 0 Å². The van der Waals surface area contributed by atoms with E-state index in [4.69, 9.17) is 14.2 Å². The standard InChI is InChI=1S/C14H19NO5/c1-14(2,3)20-13(17)15-12-7-11(19-9-18-4)6-5-10(12)8-16/h5-8H,9H2,1-4H3,(H,15,17). The number of ether oxygens (including phenoxy) is 3. The molecule has 1 amide bonds. The summed E-state index contributed by atoms with van der Waals surface area (Å²) >= 11 is 0. The van der Waals surface area contributed by atoms with Gasteiger partial charge in [-0.05, 0) is 32.9 Å². The number of amides is 1. The lowest BCUT2D eigenvalue weighted by Gasteiger charge is -2.20. The van der Waals surface area contributed by atoms with Gasteiger partial charge in [-0.2, -0.15) is 0 Å². The first kappa shape index (κ1) is 16.0. The van der Waals surface area contributed by atoms with Crippen LogP contribution in [-0.2, 0) is 9.47 Å². The van der Waals surface area contributed by atoms with Gasteiger partial charge in [-0.25, -0.2) is 4.79 Å². The predicted octanol–water partition coefficient (Wildman–Crippen LogP) is 2.83. The van der Waals surface area contributed by atoms with Crippen LogP contribution in [0.1, 0.15) is 31.1 Å². The molecule has 0 unspecified atom stereocenters. The molecule has 1 aromatic carbocycles. The maximum absolute atomic E-state index is 11.7. The van der Waals surface area contributed by atoms with Gasteiger partial charge < -0.3 is 14.2 Å². The van der Waals surface area contributed by atoms with E-state index in [2.05, 4.69) is 5.32 Å². The van der Waals surface area contributed by atoms with Gasteiger partial charge in [-0.3, -0.25) is 10.1 Å². The fraction of sp³-hybridized carbons (Fsp3) is 0.429. The second-order valence-electron chi connectivity index (χ2n) is 5.04. The van der Waals surface area contributed by atoms with E-state index in [1.807, 2.05) is 0 Å². The van der Waals surface area contributed by atoms with Gasteiger partial charge in [0.15, 0.2) is 13.1 Å². The first-order valence-electron chi connectivity index (χ1n) is 6.06. The van der Waals surface area contributed by atoms with Crippen molar-refractivity contribution in [2.45, 2.75) is 26.4 Å². The molecule has 0 saturated carbocycles. The van der Waals surface area contributed by atoms with E-state index in [9.17, 15) is 9.59 Å². The lowest BCUT2D eigenvalue weighted by Crippen LogP contribution is -2.27. The van der Waals surface area contributed by atoms with Gasteiger partial charge in [-0.15, -0.1) is 0 Å². The zero-order valence-electron chi connectivity index (χ0n) is 12.1. The summed E-state index contributed by atoms with van der Waals surface area (Å²) in [5.41, 5.74) is 0.0405. The minimum atomic E-state index is -0.635. The van der Waals surface area contributed by atoms with Crippen LogP contribution < -0.4 is 10.1 Å². The van der Waals surface area contributed by atoms with Gasteiger partial charge in [0.05, 0.1) is 5.69 Å². The van der Waals surface area contributed by atoms with Crippen molar-refractivity contribution >= 4 is 18.1 Å². The molecule has 6 heteroatoms. The third-order valence-corrected chi connectivity index (χ3v) is 2.13. The number of rotatable bonds is 5. The lowest BCUT2D eigenvalue weighted by molar-refractivity contribution is 0.0511. The van der Waals surface area contributed by atoms with E-state index in [1.54, 1.807) is 32.9 Å². The van der Waals surface area contributed by atoms with Crippen molar-refractivity contribution in [2.24, 2.45) is 0 Å². The SMILES string of the molecule is COCOc1ccc(C=O)c(NC(=O)OC(C)(C)C)c1. The second kappa shape index (κ2) is 6.91. The molecule has 20 heavy (non-hydrogen) atoms. The first-order valence-corrected chi connectivity index (χ1v) is 6.06. The summed E-state index contributed by atoms with van der Waals surface area (Å²) < 4.78 is 15.2. The van der Waals surface area contributed by atoms with Gasteiger partial charge in [0.1, 0.15) is 11.4 Å². The van der Waals surface area contributed by atoms with Gasteiger partial charge in [0, 0.05) is 18.7 Å². The number of carbonyl (C=O) groups is 2. The average molecular weight is 281 g/mol. The molecule has 1 aromatic rings. The average Bonchev–Trinajstić information content (AvgIpc) is 2.34. The van der Waals surface area contributed by atoms with E-state index < -0.39 is 11.7 Å². The van der Waals surface area contributed by atoms with Crippen LogP contribution >= 0.6 is 0 Å². The molecule has 1 N–H and O–H groups in total. The molecule has 0 aliphatic carbocycles. The van der Waals surface area contributed by atoms with Crippen LogP contribution in [-0.4, -0.2) is 31.9 Å². The van der Waals surface area contributed by atoms with Crippen molar-refractivity contribution in [2.75, 3.05) is 19.2 Å². The number of hydrogen-bond acceptors (Lipinski definition) is 5. The number of carbonyl (C=O) groups excluding carboxylic acids is 2. The van der Waals surface area contributed by atoms with Crippen molar-refractivity contribution in [1.29, 1.82) is 0 Å². The lowest BCUT2D eigenvalue weighted by atomic mass is 10.2. The van der Waals surface area contributed by atoms with Crippen LogP contribution in [0.5, 0.6) is 5.75 Å². The number of nitrogens with one attached hydrogen (secondary N) is 1. The first-order chi connectivity index (χ1) is 9.35. The Hall–Kier alpha value is -2.08. The van der Waals surface area contributed by atoms with Crippen molar-refractivity contribution in [1.82, 2.24) is 0 Å². The molecule has 0 heterocycles. The van der Waals surface area contributed by atoms with E-state index in [1.165, 1.54) is 13.2 Å².